The maximum absolute atomic E-state index is 12.8. The highest BCUT2D eigenvalue weighted by atomic mass is 19.1. The van der Waals surface area contributed by atoms with Crippen molar-refractivity contribution in [3.05, 3.63) is 35.6 Å². The minimum atomic E-state index is -0.190. The minimum Gasteiger partial charge on any atom is -0.323 e. The lowest BCUT2D eigenvalue weighted by molar-refractivity contribution is 0.170. The van der Waals surface area contributed by atoms with Crippen molar-refractivity contribution in [1.29, 1.82) is 0 Å². The number of nitrogens with two attached hydrogens (primary N) is 1. The van der Waals surface area contributed by atoms with Gasteiger partial charge in [0, 0.05) is 6.04 Å². The van der Waals surface area contributed by atoms with Crippen molar-refractivity contribution in [3.63, 3.8) is 0 Å². The molecule has 1 aliphatic rings. The first-order valence-corrected chi connectivity index (χ1v) is 6.13. The topological polar surface area (TPSA) is 26.0 Å². The molecule has 0 aromatic heterocycles. The average Bonchev–Trinajstić information content (AvgIpc) is 2.30. The molecule has 0 amide bonds. The van der Waals surface area contributed by atoms with E-state index in [1.54, 1.807) is 0 Å². The van der Waals surface area contributed by atoms with Crippen LogP contribution < -0.4 is 5.73 Å². The van der Waals surface area contributed by atoms with Crippen molar-refractivity contribution in [2.45, 2.75) is 45.1 Å². The van der Waals surface area contributed by atoms with Crippen LogP contribution in [0.3, 0.4) is 0 Å². The second-order valence-corrected chi connectivity index (χ2v) is 5.24. The molecule has 2 N–H and O–H groups in total. The largest absolute Gasteiger partial charge is 0.323 e. The average molecular weight is 221 g/mol. The van der Waals surface area contributed by atoms with Gasteiger partial charge in [-0.15, -0.1) is 0 Å². The Balaban J connectivity index is 2.16. The van der Waals surface area contributed by atoms with Gasteiger partial charge in [0.2, 0.25) is 0 Å². The molecule has 88 valence electrons. The van der Waals surface area contributed by atoms with Crippen LogP contribution in [0.2, 0.25) is 0 Å². The second kappa shape index (κ2) is 4.54. The fourth-order valence-corrected chi connectivity index (χ4v) is 2.74. The third-order valence-corrected chi connectivity index (χ3v) is 3.98. The monoisotopic (exact) mass is 221 g/mol. The molecule has 1 atom stereocenters. The Labute approximate surface area is 96.9 Å². The molecule has 0 bridgehead atoms. The van der Waals surface area contributed by atoms with Crippen molar-refractivity contribution in [1.82, 2.24) is 0 Å². The lowest BCUT2D eigenvalue weighted by Crippen LogP contribution is -2.33. The Bertz CT molecular complexity index is 338. The minimum absolute atomic E-state index is 0.0356. The van der Waals surface area contributed by atoms with Gasteiger partial charge in [-0.3, -0.25) is 0 Å². The zero-order chi connectivity index (χ0) is 11.6. The van der Waals surface area contributed by atoms with Gasteiger partial charge in [-0.05, 0) is 36.0 Å². The summed E-state index contributed by atoms with van der Waals surface area (Å²) in [6, 6.07) is 6.68. The normalized spacial score (nSPS) is 21.7. The summed E-state index contributed by atoms with van der Waals surface area (Å²) in [5, 5.41) is 0. The zero-order valence-corrected chi connectivity index (χ0v) is 9.88. The van der Waals surface area contributed by atoms with Crippen LogP contribution in [-0.4, -0.2) is 0 Å². The molecule has 0 heterocycles. The van der Waals surface area contributed by atoms with E-state index < -0.39 is 0 Å². The van der Waals surface area contributed by atoms with Gasteiger partial charge in [-0.1, -0.05) is 38.3 Å². The summed E-state index contributed by atoms with van der Waals surface area (Å²) in [6.45, 7) is 2.26. The van der Waals surface area contributed by atoms with Crippen LogP contribution in [0.4, 0.5) is 4.39 Å². The van der Waals surface area contributed by atoms with Gasteiger partial charge in [0.15, 0.2) is 0 Å². The molecule has 0 spiro atoms. The maximum Gasteiger partial charge on any atom is 0.123 e. The Morgan fingerprint density at radius 3 is 2.25 bits per heavy atom. The van der Waals surface area contributed by atoms with Gasteiger partial charge >= 0.3 is 0 Å². The molecule has 0 radical (unpaired) electrons. The molecule has 1 aromatic rings. The van der Waals surface area contributed by atoms with E-state index in [9.17, 15) is 4.39 Å². The third-order valence-electron chi connectivity index (χ3n) is 3.98. The van der Waals surface area contributed by atoms with Crippen LogP contribution in [-0.2, 0) is 0 Å². The summed E-state index contributed by atoms with van der Waals surface area (Å²) in [7, 11) is 0. The van der Waals surface area contributed by atoms with Gasteiger partial charge in [0.1, 0.15) is 5.82 Å². The molecule has 0 saturated heterocycles. The van der Waals surface area contributed by atoms with E-state index in [-0.39, 0.29) is 17.3 Å². The van der Waals surface area contributed by atoms with Gasteiger partial charge in [-0.2, -0.15) is 0 Å². The Morgan fingerprint density at radius 1 is 1.12 bits per heavy atom. The molecule has 1 aliphatic carbocycles. The Hall–Kier alpha value is -0.890. The van der Waals surface area contributed by atoms with Gasteiger partial charge in [0.25, 0.3) is 0 Å². The Kier molecular flexibility index (Phi) is 3.29. The van der Waals surface area contributed by atoms with Crippen LogP contribution in [0, 0.1) is 11.2 Å². The second-order valence-electron chi connectivity index (χ2n) is 5.24. The van der Waals surface area contributed by atoms with Crippen molar-refractivity contribution < 1.29 is 4.39 Å². The van der Waals surface area contributed by atoms with Gasteiger partial charge < -0.3 is 5.73 Å². The van der Waals surface area contributed by atoms with Crippen LogP contribution in [0.1, 0.15) is 50.6 Å². The fraction of sp³-hybridized carbons (Fsp3) is 0.571. The van der Waals surface area contributed by atoms with Crippen LogP contribution in [0.25, 0.3) is 0 Å². The summed E-state index contributed by atoms with van der Waals surface area (Å²) in [4.78, 5) is 0. The predicted octanol–water partition coefficient (Wildman–Crippen LogP) is 3.80. The van der Waals surface area contributed by atoms with Crippen molar-refractivity contribution >= 4 is 0 Å². The van der Waals surface area contributed by atoms with Crippen molar-refractivity contribution in [2.24, 2.45) is 11.1 Å². The number of hydrogen-bond donors (Lipinski definition) is 1. The quantitative estimate of drug-likeness (QED) is 0.807. The van der Waals surface area contributed by atoms with Crippen molar-refractivity contribution in [2.75, 3.05) is 0 Å². The smallest absolute Gasteiger partial charge is 0.123 e. The first-order chi connectivity index (χ1) is 7.62. The zero-order valence-electron chi connectivity index (χ0n) is 9.88. The highest BCUT2D eigenvalue weighted by Crippen LogP contribution is 2.44. The van der Waals surface area contributed by atoms with E-state index in [2.05, 4.69) is 6.92 Å². The number of benzene rings is 1. The van der Waals surface area contributed by atoms with Crippen molar-refractivity contribution in [3.8, 4) is 0 Å². The summed E-state index contributed by atoms with van der Waals surface area (Å²) in [5.41, 5.74) is 7.58. The maximum atomic E-state index is 12.8. The standard InChI is InChI=1S/C14H20FN/c1-14(9-3-2-4-10-14)13(16)11-5-7-12(15)8-6-11/h5-8,13H,2-4,9-10,16H2,1H3. The van der Waals surface area contributed by atoms with E-state index in [1.165, 1.54) is 44.2 Å². The summed E-state index contributed by atoms with van der Waals surface area (Å²) < 4.78 is 12.8. The van der Waals surface area contributed by atoms with Crippen LogP contribution >= 0.6 is 0 Å². The molecular weight excluding hydrogens is 201 g/mol. The Morgan fingerprint density at radius 2 is 1.69 bits per heavy atom. The van der Waals surface area contributed by atoms with E-state index in [1.807, 2.05) is 12.1 Å². The number of rotatable bonds is 2. The molecular formula is C14H20FN. The van der Waals surface area contributed by atoms with E-state index >= 15 is 0 Å². The van der Waals surface area contributed by atoms with E-state index in [4.69, 9.17) is 5.73 Å². The molecule has 1 nitrogen and oxygen atoms in total. The lowest BCUT2D eigenvalue weighted by Gasteiger charge is -2.39. The first-order valence-electron chi connectivity index (χ1n) is 6.13. The van der Waals surface area contributed by atoms with Gasteiger partial charge in [0.05, 0.1) is 0 Å². The van der Waals surface area contributed by atoms with E-state index in [0.717, 1.165) is 5.56 Å². The van der Waals surface area contributed by atoms with Crippen LogP contribution in [0.15, 0.2) is 24.3 Å². The molecule has 1 fully saturated rings. The summed E-state index contributed by atoms with van der Waals surface area (Å²) in [5.74, 6) is -0.190. The summed E-state index contributed by atoms with van der Waals surface area (Å²) >= 11 is 0. The molecule has 1 saturated carbocycles. The predicted molar refractivity (Wildman–Crippen MR) is 64.5 cm³/mol. The number of halogens is 1. The third kappa shape index (κ3) is 2.27. The van der Waals surface area contributed by atoms with Gasteiger partial charge in [-0.25, -0.2) is 4.39 Å². The fourth-order valence-electron chi connectivity index (χ4n) is 2.74. The lowest BCUT2D eigenvalue weighted by atomic mass is 9.69. The molecule has 2 heteroatoms. The number of hydrogen-bond acceptors (Lipinski definition) is 1. The SMILES string of the molecule is CC1(C(N)c2ccc(F)cc2)CCCCC1. The molecule has 1 unspecified atom stereocenters. The highest BCUT2D eigenvalue weighted by molar-refractivity contribution is 5.21. The highest BCUT2D eigenvalue weighted by Gasteiger charge is 2.33. The van der Waals surface area contributed by atoms with Crippen LogP contribution in [0.5, 0.6) is 0 Å². The summed E-state index contributed by atoms with van der Waals surface area (Å²) in [6.07, 6.45) is 6.24. The molecule has 2 rings (SSSR count). The first kappa shape index (κ1) is 11.6. The molecule has 16 heavy (non-hydrogen) atoms. The van der Waals surface area contributed by atoms with E-state index in [0.29, 0.717) is 0 Å². The molecule has 1 aromatic carbocycles. The molecule has 0 aliphatic heterocycles.